The monoisotopic (exact) mass is 408 g/mol. The molecule has 8 heteroatoms. The van der Waals surface area contributed by atoms with Crippen LogP contribution in [0.5, 0.6) is 0 Å². The number of ether oxygens (including phenoxy) is 3. The molecule has 0 aliphatic rings. The lowest BCUT2D eigenvalue weighted by Gasteiger charge is -2.23. The van der Waals surface area contributed by atoms with Gasteiger partial charge in [0, 0.05) is 12.6 Å². The predicted octanol–water partition coefficient (Wildman–Crippen LogP) is 3.54. The zero-order valence-corrected chi connectivity index (χ0v) is 17.7. The van der Waals surface area contributed by atoms with Crippen LogP contribution in [0.1, 0.15) is 52.0 Å². The fraction of sp³-hybridized carbons (Fsp3) is 0.571. The van der Waals surface area contributed by atoms with E-state index in [1.165, 1.54) is 7.11 Å². The highest BCUT2D eigenvalue weighted by Crippen LogP contribution is 2.10. The number of benzene rings is 1. The van der Waals surface area contributed by atoms with E-state index in [0.717, 1.165) is 5.56 Å². The van der Waals surface area contributed by atoms with Crippen LogP contribution in [0.2, 0.25) is 0 Å². The lowest BCUT2D eigenvalue weighted by Crippen LogP contribution is -2.40. The van der Waals surface area contributed by atoms with Crippen LogP contribution in [0.3, 0.4) is 0 Å². The minimum Gasteiger partial charge on any atom is -0.469 e. The van der Waals surface area contributed by atoms with E-state index in [0.29, 0.717) is 25.8 Å². The van der Waals surface area contributed by atoms with Gasteiger partial charge >= 0.3 is 18.2 Å². The Labute approximate surface area is 172 Å². The number of carbonyl (C=O) groups excluding carboxylic acids is 3. The Morgan fingerprint density at radius 2 is 1.72 bits per heavy atom. The summed E-state index contributed by atoms with van der Waals surface area (Å²) in [4.78, 5) is 35.2. The smallest absolute Gasteiger partial charge is 0.407 e. The summed E-state index contributed by atoms with van der Waals surface area (Å²) in [5.41, 5.74) is 0.297. The summed E-state index contributed by atoms with van der Waals surface area (Å²) < 4.78 is 15.0. The van der Waals surface area contributed by atoms with Crippen molar-refractivity contribution >= 4 is 18.2 Å². The lowest BCUT2D eigenvalue weighted by molar-refractivity contribution is -0.141. The largest absolute Gasteiger partial charge is 0.469 e. The SMILES string of the molecule is COC(=O)C[C@H](CCCCNC(=O)OCc1ccccc1)NC(=O)OC(C)(C)C. The first kappa shape index (κ1) is 24.3. The molecule has 0 radical (unpaired) electrons. The maximum absolute atomic E-state index is 11.9. The second kappa shape index (κ2) is 12.6. The molecule has 0 unspecified atom stereocenters. The molecular formula is C21H32N2O6. The molecule has 1 rings (SSSR count). The topological polar surface area (TPSA) is 103 Å². The number of rotatable bonds is 10. The number of esters is 1. The van der Waals surface area contributed by atoms with Crippen molar-refractivity contribution in [2.24, 2.45) is 0 Å². The van der Waals surface area contributed by atoms with Crippen molar-refractivity contribution in [3.63, 3.8) is 0 Å². The molecule has 0 saturated heterocycles. The van der Waals surface area contributed by atoms with Gasteiger partial charge < -0.3 is 24.8 Å². The summed E-state index contributed by atoms with van der Waals surface area (Å²) in [5.74, 6) is -0.409. The Morgan fingerprint density at radius 1 is 1.03 bits per heavy atom. The van der Waals surface area contributed by atoms with Gasteiger partial charge in [-0.25, -0.2) is 9.59 Å². The summed E-state index contributed by atoms with van der Waals surface area (Å²) >= 11 is 0. The van der Waals surface area contributed by atoms with Gasteiger partial charge in [0.1, 0.15) is 12.2 Å². The van der Waals surface area contributed by atoms with Crippen LogP contribution in [0.25, 0.3) is 0 Å². The summed E-state index contributed by atoms with van der Waals surface area (Å²) in [6.45, 7) is 5.96. The van der Waals surface area contributed by atoms with E-state index >= 15 is 0 Å². The predicted molar refractivity (Wildman–Crippen MR) is 108 cm³/mol. The van der Waals surface area contributed by atoms with Crippen LogP contribution in [0.15, 0.2) is 30.3 Å². The molecule has 0 spiro atoms. The number of alkyl carbamates (subject to hydrolysis) is 2. The molecule has 0 saturated carbocycles. The van der Waals surface area contributed by atoms with Crippen molar-refractivity contribution in [3.05, 3.63) is 35.9 Å². The molecule has 1 aromatic rings. The summed E-state index contributed by atoms with van der Waals surface area (Å²) in [6.07, 6.45) is 0.919. The Kier molecular flexibility index (Phi) is 10.6. The lowest BCUT2D eigenvalue weighted by atomic mass is 10.1. The maximum atomic E-state index is 11.9. The number of hydrogen-bond acceptors (Lipinski definition) is 6. The molecule has 1 aromatic carbocycles. The highest BCUT2D eigenvalue weighted by atomic mass is 16.6. The van der Waals surface area contributed by atoms with Crippen molar-refractivity contribution in [3.8, 4) is 0 Å². The number of amides is 2. The van der Waals surface area contributed by atoms with Gasteiger partial charge in [0.15, 0.2) is 0 Å². The third-order valence-corrected chi connectivity index (χ3v) is 3.82. The van der Waals surface area contributed by atoms with Crippen molar-refractivity contribution in [1.29, 1.82) is 0 Å². The Balaban J connectivity index is 2.29. The third kappa shape index (κ3) is 12.3. The zero-order chi connectivity index (χ0) is 21.7. The van der Waals surface area contributed by atoms with E-state index in [9.17, 15) is 14.4 Å². The fourth-order valence-electron chi connectivity index (χ4n) is 2.46. The number of hydrogen-bond donors (Lipinski definition) is 2. The normalized spacial score (nSPS) is 11.9. The average Bonchev–Trinajstić information content (AvgIpc) is 2.65. The Hall–Kier alpha value is -2.77. The highest BCUT2D eigenvalue weighted by Gasteiger charge is 2.21. The molecule has 2 N–H and O–H groups in total. The minimum absolute atomic E-state index is 0.0578. The fourth-order valence-corrected chi connectivity index (χ4v) is 2.46. The number of carbonyl (C=O) groups is 3. The molecule has 0 heterocycles. The van der Waals surface area contributed by atoms with Crippen LogP contribution in [0, 0.1) is 0 Å². The van der Waals surface area contributed by atoms with Crippen molar-refractivity contribution in [2.45, 2.75) is 64.7 Å². The van der Waals surface area contributed by atoms with Crippen molar-refractivity contribution < 1.29 is 28.6 Å². The second-order valence-corrected chi connectivity index (χ2v) is 7.61. The summed E-state index contributed by atoms with van der Waals surface area (Å²) in [7, 11) is 1.30. The number of unbranched alkanes of at least 4 members (excludes halogenated alkanes) is 1. The van der Waals surface area contributed by atoms with Gasteiger partial charge in [-0.15, -0.1) is 0 Å². The first-order valence-electron chi connectivity index (χ1n) is 9.70. The van der Waals surface area contributed by atoms with Crippen LogP contribution in [-0.2, 0) is 25.6 Å². The van der Waals surface area contributed by atoms with Crippen LogP contribution in [0.4, 0.5) is 9.59 Å². The summed E-state index contributed by atoms with van der Waals surface area (Å²) in [5, 5.41) is 5.39. The zero-order valence-electron chi connectivity index (χ0n) is 17.7. The van der Waals surface area contributed by atoms with Crippen molar-refractivity contribution in [2.75, 3.05) is 13.7 Å². The van der Waals surface area contributed by atoms with E-state index in [-0.39, 0.29) is 13.0 Å². The molecule has 0 aromatic heterocycles. The van der Waals surface area contributed by atoms with Gasteiger partial charge in [0.05, 0.1) is 13.5 Å². The van der Waals surface area contributed by atoms with E-state index in [4.69, 9.17) is 9.47 Å². The average molecular weight is 408 g/mol. The first-order valence-corrected chi connectivity index (χ1v) is 9.70. The van der Waals surface area contributed by atoms with Crippen LogP contribution < -0.4 is 10.6 Å². The standard InChI is InChI=1S/C21H32N2O6/c1-21(2,3)29-20(26)23-17(14-18(24)27-4)12-8-9-13-22-19(25)28-15-16-10-6-5-7-11-16/h5-7,10-11,17H,8-9,12-15H2,1-4H3,(H,22,25)(H,23,26)/t17-/m0/s1. The molecule has 0 aliphatic heterocycles. The molecule has 29 heavy (non-hydrogen) atoms. The van der Waals surface area contributed by atoms with E-state index in [2.05, 4.69) is 15.4 Å². The van der Waals surface area contributed by atoms with Gasteiger partial charge in [0.25, 0.3) is 0 Å². The second-order valence-electron chi connectivity index (χ2n) is 7.61. The quantitative estimate of drug-likeness (QED) is 0.349. The number of methoxy groups -OCH3 is 1. The molecule has 162 valence electrons. The van der Waals surface area contributed by atoms with Crippen LogP contribution >= 0.6 is 0 Å². The Bertz CT molecular complexity index is 642. The third-order valence-electron chi connectivity index (χ3n) is 3.82. The van der Waals surface area contributed by atoms with E-state index in [1.54, 1.807) is 20.8 Å². The molecule has 2 amide bonds. The molecule has 0 fully saturated rings. The minimum atomic E-state index is -0.621. The molecular weight excluding hydrogens is 376 g/mol. The van der Waals surface area contributed by atoms with Gasteiger partial charge in [-0.05, 0) is 45.6 Å². The van der Waals surface area contributed by atoms with Gasteiger partial charge in [0.2, 0.25) is 0 Å². The molecule has 0 bridgehead atoms. The summed E-state index contributed by atoms with van der Waals surface area (Å²) in [6, 6.07) is 9.02. The first-order chi connectivity index (χ1) is 13.7. The van der Waals surface area contributed by atoms with Crippen LogP contribution in [-0.4, -0.2) is 43.5 Å². The maximum Gasteiger partial charge on any atom is 0.407 e. The van der Waals surface area contributed by atoms with Gasteiger partial charge in [-0.3, -0.25) is 4.79 Å². The van der Waals surface area contributed by atoms with E-state index < -0.39 is 29.8 Å². The molecule has 8 nitrogen and oxygen atoms in total. The van der Waals surface area contributed by atoms with Crippen molar-refractivity contribution in [1.82, 2.24) is 10.6 Å². The molecule has 1 atom stereocenters. The van der Waals surface area contributed by atoms with Gasteiger partial charge in [-0.1, -0.05) is 30.3 Å². The number of nitrogens with one attached hydrogen (secondary N) is 2. The molecule has 0 aliphatic carbocycles. The Morgan fingerprint density at radius 3 is 2.34 bits per heavy atom. The van der Waals surface area contributed by atoms with E-state index in [1.807, 2.05) is 30.3 Å². The highest BCUT2D eigenvalue weighted by molar-refractivity contribution is 5.72. The van der Waals surface area contributed by atoms with Gasteiger partial charge in [-0.2, -0.15) is 0 Å².